The molecule has 1 aliphatic rings. The van der Waals surface area contributed by atoms with Crippen molar-refractivity contribution in [2.45, 2.75) is 32.9 Å². The fraction of sp³-hybridized carbons (Fsp3) is 0.375. The van der Waals surface area contributed by atoms with Crippen molar-refractivity contribution in [3.05, 3.63) is 71.6 Å². The van der Waals surface area contributed by atoms with Gasteiger partial charge in [0.25, 0.3) is 0 Å². The normalized spacial score (nSPS) is 15.2. The van der Waals surface area contributed by atoms with Gasteiger partial charge in [-0.15, -0.1) is 0 Å². The molecule has 0 aliphatic carbocycles. The fourth-order valence-corrected chi connectivity index (χ4v) is 3.22. The smallest absolute Gasteiger partial charge is 0.246 e. The van der Waals surface area contributed by atoms with Crippen LogP contribution in [-0.2, 0) is 11.3 Å². The minimum atomic E-state index is -0.230. The molecule has 29 heavy (non-hydrogen) atoms. The third kappa shape index (κ3) is 6.43. The molecule has 5 heteroatoms. The first-order chi connectivity index (χ1) is 13.8. The number of rotatable bonds is 5. The Morgan fingerprint density at radius 2 is 1.62 bits per heavy atom. The number of carbonyl (C=O) groups is 1. The largest absolute Gasteiger partial charge is 0.368 e. The van der Waals surface area contributed by atoms with E-state index in [0.717, 1.165) is 30.9 Å². The molecule has 0 atom stereocenters. The summed E-state index contributed by atoms with van der Waals surface area (Å²) >= 11 is 0. The van der Waals surface area contributed by atoms with E-state index in [9.17, 15) is 9.18 Å². The van der Waals surface area contributed by atoms with Crippen molar-refractivity contribution in [3.8, 4) is 0 Å². The number of amides is 1. The molecule has 1 N–H and O–H groups in total. The molecule has 0 bridgehead atoms. The van der Waals surface area contributed by atoms with E-state index in [4.69, 9.17) is 0 Å². The molecule has 1 heterocycles. The zero-order valence-electron chi connectivity index (χ0n) is 17.5. The van der Waals surface area contributed by atoms with Crippen molar-refractivity contribution >= 4 is 17.7 Å². The van der Waals surface area contributed by atoms with Crippen molar-refractivity contribution in [1.29, 1.82) is 0 Å². The second kappa shape index (κ2) is 9.23. The number of carbonyl (C=O) groups excluding carboxylic acids is 1. The van der Waals surface area contributed by atoms with E-state index < -0.39 is 0 Å². The first-order valence-corrected chi connectivity index (χ1v) is 10.1. The van der Waals surface area contributed by atoms with E-state index >= 15 is 0 Å². The highest BCUT2D eigenvalue weighted by atomic mass is 19.1. The van der Waals surface area contributed by atoms with Gasteiger partial charge in [0.15, 0.2) is 0 Å². The van der Waals surface area contributed by atoms with Crippen molar-refractivity contribution in [2.75, 3.05) is 31.1 Å². The van der Waals surface area contributed by atoms with Crippen LogP contribution in [0.3, 0.4) is 0 Å². The Bertz CT molecular complexity index is 830. The highest BCUT2D eigenvalue weighted by Gasteiger charge is 2.19. The van der Waals surface area contributed by atoms with Crippen LogP contribution in [-0.4, -0.2) is 42.5 Å². The van der Waals surface area contributed by atoms with E-state index in [1.54, 1.807) is 18.2 Å². The summed E-state index contributed by atoms with van der Waals surface area (Å²) in [6.07, 6.45) is 3.52. The molecule has 2 aromatic carbocycles. The molecule has 0 unspecified atom stereocenters. The Hall–Kier alpha value is -2.66. The van der Waals surface area contributed by atoms with Gasteiger partial charge in [0, 0.05) is 50.0 Å². The van der Waals surface area contributed by atoms with Gasteiger partial charge in [-0.05, 0) is 62.2 Å². The number of hydrogen-bond acceptors (Lipinski definition) is 3. The average molecular weight is 396 g/mol. The van der Waals surface area contributed by atoms with E-state index in [1.807, 2.05) is 23.1 Å². The number of benzene rings is 2. The molecule has 0 aromatic heterocycles. The van der Waals surface area contributed by atoms with E-state index in [-0.39, 0.29) is 17.3 Å². The Balaban J connectivity index is 1.49. The summed E-state index contributed by atoms with van der Waals surface area (Å²) in [6.45, 7) is 10.1. The molecule has 1 fully saturated rings. The molecule has 1 saturated heterocycles. The molecule has 154 valence electrons. The molecule has 3 rings (SSSR count). The highest BCUT2D eigenvalue weighted by Crippen LogP contribution is 2.17. The van der Waals surface area contributed by atoms with Gasteiger partial charge in [0.1, 0.15) is 5.82 Å². The van der Waals surface area contributed by atoms with Crippen molar-refractivity contribution in [1.82, 2.24) is 10.2 Å². The van der Waals surface area contributed by atoms with Crippen molar-refractivity contribution < 1.29 is 9.18 Å². The maximum absolute atomic E-state index is 13.1. The number of piperazine rings is 1. The van der Waals surface area contributed by atoms with Crippen LogP contribution in [0, 0.1) is 5.82 Å². The first kappa shape index (κ1) is 21.1. The zero-order chi connectivity index (χ0) is 20.9. The quantitative estimate of drug-likeness (QED) is 0.775. The van der Waals surface area contributed by atoms with Gasteiger partial charge in [-0.25, -0.2) is 4.39 Å². The number of halogens is 1. The standard InChI is InChI=1S/C24H30FN3O/c1-24(2,3)26-18-20-6-4-19(5-7-20)8-13-23(29)28-16-14-27(15-17-28)22-11-9-21(25)10-12-22/h4-13,26H,14-18H2,1-3H3/b13-8+. The third-order valence-corrected chi connectivity index (χ3v) is 5.00. The second-order valence-corrected chi connectivity index (χ2v) is 8.47. The van der Waals surface area contributed by atoms with E-state index in [1.165, 1.54) is 17.7 Å². The number of anilines is 1. The SMILES string of the molecule is CC(C)(C)NCc1ccc(/C=C/C(=O)N2CCN(c3ccc(F)cc3)CC2)cc1. The van der Waals surface area contributed by atoms with Crippen LogP contribution < -0.4 is 10.2 Å². The van der Waals surface area contributed by atoms with Gasteiger partial charge in [0.2, 0.25) is 5.91 Å². The van der Waals surface area contributed by atoms with E-state index in [0.29, 0.717) is 13.1 Å². The lowest BCUT2D eigenvalue weighted by molar-refractivity contribution is -0.126. The van der Waals surface area contributed by atoms with Gasteiger partial charge < -0.3 is 15.1 Å². The molecule has 0 spiro atoms. The average Bonchev–Trinajstić information content (AvgIpc) is 2.71. The maximum Gasteiger partial charge on any atom is 0.246 e. The number of hydrogen-bond donors (Lipinski definition) is 1. The van der Waals surface area contributed by atoms with Crippen LogP contribution in [0.15, 0.2) is 54.6 Å². The molecule has 2 aromatic rings. The Labute approximate surface area is 173 Å². The summed E-state index contributed by atoms with van der Waals surface area (Å²) < 4.78 is 13.1. The predicted molar refractivity (Wildman–Crippen MR) is 117 cm³/mol. The van der Waals surface area contributed by atoms with Crippen LogP contribution in [0.2, 0.25) is 0 Å². The van der Waals surface area contributed by atoms with Crippen LogP contribution in [0.1, 0.15) is 31.9 Å². The minimum absolute atomic E-state index is 0.0298. The zero-order valence-corrected chi connectivity index (χ0v) is 17.5. The van der Waals surface area contributed by atoms with Gasteiger partial charge >= 0.3 is 0 Å². The van der Waals surface area contributed by atoms with Crippen molar-refractivity contribution in [3.63, 3.8) is 0 Å². The Morgan fingerprint density at radius 1 is 1.00 bits per heavy atom. The topological polar surface area (TPSA) is 35.6 Å². The first-order valence-electron chi connectivity index (χ1n) is 10.1. The van der Waals surface area contributed by atoms with Gasteiger partial charge in [-0.1, -0.05) is 24.3 Å². The van der Waals surface area contributed by atoms with Gasteiger partial charge in [-0.3, -0.25) is 4.79 Å². The Morgan fingerprint density at radius 3 is 2.21 bits per heavy atom. The predicted octanol–water partition coefficient (Wildman–Crippen LogP) is 4.08. The molecule has 0 radical (unpaired) electrons. The summed E-state index contributed by atoms with van der Waals surface area (Å²) in [5.74, 6) is -0.201. The van der Waals surface area contributed by atoms with Gasteiger partial charge in [-0.2, -0.15) is 0 Å². The number of nitrogens with one attached hydrogen (secondary N) is 1. The summed E-state index contributed by atoms with van der Waals surface area (Å²) in [5, 5.41) is 3.47. The summed E-state index contributed by atoms with van der Waals surface area (Å²) in [4.78, 5) is 16.5. The summed E-state index contributed by atoms with van der Waals surface area (Å²) in [7, 11) is 0. The minimum Gasteiger partial charge on any atom is -0.368 e. The molecule has 0 saturated carbocycles. The summed E-state index contributed by atoms with van der Waals surface area (Å²) in [5.41, 5.74) is 3.32. The van der Waals surface area contributed by atoms with E-state index in [2.05, 4.69) is 43.1 Å². The number of nitrogens with zero attached hydrogens (tertiary/aromatic N) is 2. The maximum atomic E-state index is 13.1. The fourth-order valence-electron chi connectivity index (χ4n) is 3.22. The lowest BCUT2D eigenvalue weighted by Crippen LogP contribution is -2.48. The second-order valence-electron chi connectivity index (χ2n) is 8.47. The Kier molecular flexibility index (Phi) is 6.70. The van der Waals surface area contributed by atoms with Crippen LogP contribution in [0.25, 0.3) is 6.08 Å². The van der Waals surface area contributed by atoms with Crippen LogP contribution >= 0.6 is 0 Å². The third-order valence-electron chi connectivity index (χ3n) is 5.00. The van der Waals surface area contributed by atoms with Crippen LogP contribution in [0.4, 0.5) is 10.1 Å². The molecular formula is C24H30FN3O. The monoisotopic (exact) mass is 395 g/mol. The van der Waals surface area contributed by atoms with Gasteiger partial charge in [0.05, 0.1) is 0 Å². The van der Waals surface area contributed by atoms with Crippen LogP contribution in [0.5, 0.6) is 0 Å². The lowest BCUT2D eigenvalue weighted by atomic mass is 10.1. The molecule has 4 nitrogen and oxygen atoms in total. The molecular weight excluding hydrogens is 365 g/mol. The lowest BCUT2D eigenvalue weighted by Gasteiger charge is -2.35. The van der Waals surface area contributed by atoms with Crippen molar-refractivity contribution in [2.24, 2.45) is 0 Å². The summed E-state index contributed by atoms with van der Waals surface area (Å²) in [6, 6.07) is 14.8. The molecule has 1 aliphatic heterocycles. The molecule has 1 amide bonds. The highest BCUT2D eigenvalue weighted by molar-refractivity contribution is 5.92.